The van der Waals surface area contributed by atoms with Gasteiger partial charge in [-0.1, -0.05) is 65.1 Å². The average Bonchev–Trinajstić information content (AvgIpc) is 3.46. The minimum Gasteiger partial charge on any atom is -0.490 e. The highest BCUT2D eigenvalue weighted by molar-refractivity contribution is 6.36. The van der Waals surface area contributed by atoms with Crippen molar-refractivity contribution in [3.05, 3.63) is 97.7 Å². The van der Waals surface area contributed by atoms with Crippen LogP contribution in [0.5, 0.6) is 11.8 Å². The first kappa shape index (κ1) is 24.6. The van der Waals surface area contributed by atoms with E-state index in [9.17, 15) is 10.1 Å². The maximum Gasteiger partial charge on any atom is 0.302 e. The fourth-order valence-corrected chi connectivity index (χ4v) is 4.88. The van der Waals surface area contributed by atoms with Gasteiger partial charge in [-0.05, 0) is 24.3 Å². The summed E-state index contributed by atoms with van der Waals surface area (Å²) < 4.78 is 20.0. The zero-order valence-corrected chi connectivity index (χ0v) is 20.7. The van der Waals surface area contributed by atoms with Crippen molar-refractivity contribution in [2.24, 2.45) is 0 Å². The monoisotopic (exact) mass is 549 g/mol. The Kier molecular flexibility index (Phi) is 6.92. The van der Waals surface area contributed by atoms with Crippen LogP contribution in [0.25, 0.3) is 10.8 Å². The third kappa shape index (κ3) is 4.93. The molecule has 5 rings (SSSR count). The molecule has 2 heterocycles. The fourth-order valence-electron chi connectivity index (χ4n) is 4.10. The van der Waals surface area contributed by atoms with E-state index in [4.69, 9.17) is 49.0 Å². The minimum atomic E-state index is -1.41. The van der Waals surface area contributed by atoms with Gasteiger partial charge in [0.15, 0.2) is 0 Å². The first-order chi connectivity index (χ1) is 17.3. The number of halogens is 3. The summed E-state index contributed by atoms with van der Waals surface area (Å²) >= 11 is 18.9. The van der Waals surface area contributed by atoms with Gasteiger partial charge in [-0.2, -0.15) is 0 Å². The molecule has 2 unspecified atom stereocenters. The van der Waals surface area contributed by atoms with E-state index in [0.29, 0.717) is 26.4 Å². The molecule has 0 saturated carbocycles. The molecule has 36 heavy (non-hydrogen) atoms. The lowest BCUT2D eigenvalue weighted by Crippen LogP contribution is -2.35. The van der Waals surface area contributed by atoms with Gasteiger partial charge < -0.3 is 18.8 Å². The van der Waals surface area contributed by atoms with E-state index >= 15 is 0 Å². The Balaban J connectivity index is 1.41. The lowest BCUT2D eigenvalue weighted by atomic mass is 10.1. The van der Waals surface area contributed by atoms with Gasteiger partial charge in [0.25, 0.3) is 6.01 Å². The number of fused-ring (bicyclic) bond motifs is 1. The number of nitrogens with zero attached hydrogens (tertiary/aromatic N) is 3. The van der Waals surface area contributed by atoms with Crippen LogP contribution in [0, 0.1) is 10.1 Å². The molecule has 9 nitrogen and oxygen atoms in total. The normalized spacial score (nSPS) is 19.5. The van der Waals surface area contributed by atoms with Gasteiger partial charge in [-0.15, -0.1) is 10.1 Å². The molecule has 12 heteroatoms. The van der Waals surface area contributed by atoms with Crippen LogP contribution in [-0.2, 0) is 21.8 Å². The van der Waals surface area contributed by atoms with Crippen LogP contribution in [0.4, 0.5) is 0 Å². The van der Waals surface area contributed by atoms with E-state index in [0.717, 1.165) is 10.8 Å². The summed E-state index contributed by atoms with van der Waals surface area (Å²) in [5, 5.41) is 13.1. The SMILES string of the molecule is O=[N+]([O-])Oc1nccn1CC1(c2ccc(Cl)cc2Cl)OCC(COc2ccc(Cl)c3ccccc23)O1. The Morgan fingerprint density at radius 2 is 1.92 bits per heavy atom. The predicted molar refractivity (Wildman–Crippen MR) is 133 cm³/mol. The van der Waals surface area contributed by atoms with Gasteiger partial charge in [0.2, 0.25) is 5.79 Å². The lowest BCUT2D eigenvalue weighted by Gasteiger charge is -2.30. The van der Waals surface area contributed by atoms with E-state index in [2.05, 4.69) is 9.82 Å². The number of hydrogen-bond donors (Lipinski definition) is 0. The Morgan fingerprint density at radius 1 is 1.11 bits per heavy atom. The Bertz CT molecular complexity index is 1430. The Morgan fingerprint density at radius 3 is 2.69 bits per heavy atom. The molecule has 0 amide bonds. The summed E-state index contributed by atoms with van der Waals surface area (Å²) in [5.41, 5.74) is 0.494. The highest BCUT2D eigenvalue weighted by atomic mass is 35.5. The van der Waals surface area contributed by atoms with Crippen LogP contribution >= 0.6 is 34.8 Å². The summed E-state index contributed by atoms with van der Waals surface area (Å²) in [5.74, 6) is -0.760. The lowest BCUT2D eigenvalue weighted by molar-refractivity contribution is -0.713. The highest BCUT2D eigenvalue weighted by Crippen LogP contribution is 2.41. The third-order valence-electron chi connectivity index (χ3n) is 5.67. The van der Waals surface area contributed by atoms with Crippen LogP contribution in [0.15, 0.2) is 67.0 Å². The van der Waals surface area contributed by atoms with Crippen molar-refractivity contribution in [1.82, 2.24) is 9.55 Å². The van der Waals surface area contributed by atoms with Crippen molar-refractivity contribution in [3.63, 3.8) is 0 Å². The van der Waals surface area contributed by atoms with Gasteiger partial charge in [-0.3, -0.25) is 0 Å². The summed E-state index contributed by atoms with van der Waals surface area (Å²) in [6.45, 7) is 0.309. The second kappa shape index (κ2) is 10.1. The van der Waals surface area contributed by atoms with Crippen molar-refractivity contribution in [2.75, 3.05) is 13.2 Å². The molecule has 4 aromatic rings. The summed E-state index contributed by atoms with van der Waals surface area (Å²) in [7, 11) is 0. The molecule has 3 aromatic carbocycles. The summed E-state index contributed by atoms with van der Waals surface area (Å²) in [4.78, 5) is 19.4. The quantitative estimate of drug-likeness (QED) is 0.199. The van der Waals surface area contributed by atoms with Crippen molar-refractivity contribution < 1.29 is 24.1 Å². The zero-order chi connectivity index (χ0) is 25.3. The van der Waals surface area contributed by atoms with Gasteiger partial charge in [-0.25, -0.2) is 9.82 Å². The molecule has 0 radical (unpaired) electrons. The van der Waals surface area contributed by atoms with E-state index in [1.54, 1.807) is 30.3 Å². The van der Waals surface area contributed by atoms with Crippen molar-refractivity contribution >= 4 is 45.6 Å². The molecule has 0 aliphatic carbocycles. The van der Waals surface area contributed by atoms with Crippen molar-refractivity contribution in [2.45, 2.75) is 18.4 Å². The standard InChI is InChI=1S/C24H18Cl3N3O6/c25-15-5-6-19(21(27)11-15)24(14-29-10-9-28-23(29)36-30(31)32)34-13-16(35-24)12-33-22-8-7-20(26)17-3-1-2-4-18(17)22/h1-11,16H,12-14H2. The minimum absolute atomic E-state index is 0.0299. The van der Waals surface area contributed by atoms with Crippen LogP contribution in [0.3, 0.4) is 0 Å². The van der Waals surface area contributed by atoms with E-state index in [1.165, 1.54) is 17.0 Å². The number of ether oxygens (including phenoxy) is 3. The molecule has 0 bridgehead atoms. The molecular weight excluding hydrogens is 533 g/mol. The van der Waals surface area contributed by atoms with Gasteiger partial charge >= 0.3 is 5.09 Å². The smallest absolute Gasteiger partial charge is 0.302 e. The number of aromatic nitrogens is 2. The van der Waals surface area contributed by atoms with Gasteiger partial charge in [0.1, 0.15) is 18.5 Å². The summed E-state index contributed by atoms with van der Waals surface area (Å²) in [6, 6.07) is 15.9. The molecular formula is C24H18Cl3N3O6. The predicted octanol–water partition coefficient (Wildman–Crippen LogP) is 5.91. The van der Waals surface area contributed by atoms with Crippen molar-refractivity contribution in [1.29, 1.82) is 0 Å². The van der Waals surface area contributed by atoms with Crippen LogP contribution in [-0.4, -0.2) is 34.0 Å². The molecule has 1 fully saturated rings. The number of rotatable bonds is 8. The molecule has 1 saturated heterocycles. The molecule has 1 aliphatic rings. The van der Waals surface area contributed by atoms with E-state index < -0.39 is 17.0 Å². The molecule has 0 N–H and O–H groups in total. The van der Waals surface area contributed by atoms with Crippen molar-refractivity contribution in [3.8, 4) is 11.8 Å². The molecule has 0 spiro atoms. The number of hydrogen-bond acceptors (Lipinski definition) is 7. The van der Waals surface area contributed by atoms with Crippen LogP contribution in [0.1, 0.15) is 5.56 Å². The largest absolute Gasteiger partial charge is 0.490 e. The highest BCUT2D eigenvalue weighted by Gasteiger charge is 2.46. The number of imidazole rings is 1. The van der Waals surface area contributed by atoms with Gasteiger partial charge in [0.05, 0.1) is 18.2 Å². The average molecular weight is 551 g/mol. The molecule has 2 atom stereocenters. The molecule has 186 valence electrons. The fraction of sp³-hybridized carbons (Fsp3) is 0.208. The topological polar surface area (TPSA) is 97.9 Å². The van der Waals surface area contributed by atoms with E-state index in [1.807, 2.05) is 24.3 Å². The maximum absolute atomic E-state index is 10.9. The maximum atomic E-state index is 10.9. The first-order valence-corrected chi connectivity index (χ1v) is 11.9. The second-order valence-electron chi connectivity index (χ2n) is 7.98. The second-order valence-corrected chi connectivity index (χ2v) is 9.23. The molecule has 1 aromatic heterocycles. The van der Waals surface area contributed by atoms with Crippen LogP contribution in [0.2, 0.25) is 15.1 Å². The number of benzene rings is 3. The Labute approximate surface area is 220 Å². The van der Waals surface area contributed by atoms with E-state index in [-0.39, 0.29) is 25.8 Å². The zero-order valence-electron chi connectivity index (χ0n) is 18.5. The Hall–Kier alpha value is -3.08. The van der Waals surface area contributed by atoms with Crippen LogP contribution < -0.4 is 9.57 Å². The molecule has 1 aliphatic heterocycles. The van der Waals surface area contributed by atoms with Gasteiger partial charge in [0, 0.05) is 38.8 Å². The summed E-state index contributed by atoms with van der Waals surface area (Å²) in [6.07, 6.45) is 2.40. The first-order valence-electron chi connectivity index (χ1n) is 10.8. The third-order valence-corrected chi connectivity index (χ3v) is 6.55.